The van der Waals surface area contributed by atoms with E-state index >= 15 is 0 Å². The molecule has 13 heavy (non-hydrogen) atoms. The van der Waals surface area contributed by atoms with Crippen LogP contribution in [0.3, 0.4) is 0 Å². The molecule has 0 aromatic carbocycles. The molecule has 1 heteroatoms. The molecule has 0 unspecified atom stereocenters. The van der Waals surface area contributed by atoms with Crippen LogP contribution in [-0.4, -0.2) is 24.5 Å². The van der Waals surface area contributed by atoms with Gasteiger partial charge in [0, 0.05) is 6.54 Å². The molecule has 0 aromatic heterocycles. The molecule has 1 rings (SSSR count). The Bertz CT molecular complexity index is 146. The van der Waals surface area contributed by atoms with Crippen molar-refractivity contribution in [3.8, 4) is 0 Å². The fourth-order valence-corrected chi connectivity index (χ4v) is 2.07. The lowest BCUT2D eigenvalue weighted by molar-refractivity contribution is 0.302. The van der Waals surface area contributed by atoms with Crippen molar-refractivity contribution in [1.29, 1.82) is 0 Å². The molecular formula is C12H25N. The maximum atomic E-state index is 2.58. The first kappa shape index (κ1) is 11.0. The molecule has 1 heterocycles. The molecule has 1 saturated heterocycles. The average molecular weight is 183 g/mol. The summed E-state index contributed by atoms with van der Waals surface area (Å²) in [4.78, 5) is 2.58. The van der Waals surface area contributed by atoms with Crippen molar-refractivity contribution in [1.82, 2.24) is 4.90 Å². The van der Waals surface area contributed by atoms with Crippen molar-refractivity contribution in [2.45, 2.75) is 47.0 Å². The predicted molar refractivity (Wildman–Crippen MR) is 58.9 cm³/mol. The van der Waals surface area contributed by atoms with Crippen LogP contribution in [-0.2, 0) is 0 Å². The van der Waals surface area contributed by atoms with Crippen molar-refractivity contribution < 1.29 is 0 Å². The van der Waals surface area contributed by atoms with Crippen molar-refractivity contribution in [3.05, 3.63) is 0 Å². The van der Waals surface area contributed by atoms with Crippen LogP contribution in [0.2, 0.25) is 0 Å². The predicted octanol–water partition coefficient (Wildman–Crippen LogP) is 3.15. The van der Waals surface area contributed by atoms with Crippen LogP contribution >= 0.6 is 0 Å². The standard InChI is InChI=1S/C12H25N/c1-5-13-9-7-11(10-13)6-8-12(2,3)4/h11H,5-10H2,1-4H3/t11-/m1/s1. The summed E-state index contributed by atoms with van der Waals surface area (Å²) in [7, 11) is 0. The van der Waals surface area contributed by atoms with Crippen LogP contribution in [0.15, 0.2) is 0 Å². The molecule has 0 bridgehead atoms. The largest absolute Gasteiger partial charge is 0.303 e. The van der Waals surface area contributed by atoms with Gasteiger partial charge in [-0.2, -0.15) is 0 Å². The highest BCUT2D eigenvalue weighted by Crippen LogP contribution is 2.27. The minimum Gasteiger partial charge on any atom is -0.303 e. The summed E-state index contributed by atoms with van der Waals surface area (Å²) < 4.78 is 0. The zero-order chi connectivity index (χ0) is 9.90. The monoisotopic (exact) mass is 183 g/mol. The maximum Gasteiger partial charge on any atom is 0.00100 e. The summed E-state index contributed by atoms with van der Waals surface area (Å²) >= 11 is 0. The third-order valence-electron chi connectivity index (χ3n) is 3.12. The number of likely N-dealkylation sites (tertiary alicyclic amines) is 1. The zero-order valence-electron chi connectivity index (χ0n) is 9.77. The van der Waals surface area contributed by atoms with E-state index in [1.165, 1.54) is 38.9 Å². The van der Waals surface area contributed by atoms with Gasteiger partial charge in [-0.15, -0.1) is 0 Å². The Morgan fingerprint density at radius 3 is 2.46 bits per heavy atom. The number of nitrogens with zero attached hydrogens (tertiary/aromatic N) is 1. The lowest BCUT2D eigenvalue weighted by Gasteiger charge is -2.20. The third-order valence-corrected chi connectivity index (χ3v) is 3.12. The van der Waals surface area contributed by atoms with E-state index in [1.54, 1.807) is 0 Å². The Kier molecular flexibility index (Phi) is 3.78. The molecule has 0 aliphatic carbocycles. The van der Waals surface area contributed by atoms with Crippen LogP contribution in [0.4, 0.5) is 0 Å². The van der Waals surface area contributed by atoms with E-state index in [0.29, 0.717) is 5.41 Å². The summed E-state index contributed by atoms with van der Waals surface area (Å²) in [5, 5.41) is 0. The molecule has 0 N–H and O–H groups in total. The van der Waals surface area contributed by atoms with E-state index in [0.717, 1.165) is 5.92 Å². The molecular weight excluding hydrogens is 158 g/mol. The zero-order valence-corrected chi connectivity index (χ0v) is 9.77. The molecule has 1 nitrogen and oxygen atoms in total. The summed E-state index contributed by atoms with van der Waals surface area (Å²) in [5.41, 5.74) is 0.527. The van der Waals surface area contributed by atoms with Gasteiger partial charge in [0.15, 0.2) is 0 Å². The Morgan fingerprint density at radius 2 is 2.00 bits per heavy atom. The molecule has 0 spiro atoms. The highest BCUT2D eigenvalue weighted by atomic mass is 15.1. The molecule has 0 saturated carbocycles. The molecule has 1 fully saturated rings. The minimum absolute atomic E-state index is 0.527. The van der Waals surface area contributed by atoms with Crippen molar-refractivity contribution >= 4 is 0 Å². The lowest BCUT2D eigenvalue weighted by Crippen LogP contribution is -2.20. The Balaban J connectivity index is 2.17. The van der Waals surface area contributed by atoms with Gasteiger partial charge in [-0.05, 0) is 43.7 Å². The summed E-state index contributed by atoms with van der Waals surface area (Å²) in [6.45, 7) is 13.2. The van der Waals surface area contributed by atoms with Crippen LogP contribution < -0.4 is 0 Å². The first-order chi connectivity index (χ1) is 6.01. The third kappa shape index (κ3) is 4.12. The van der Waals surface area contributed by atoms with Crippen LogP contribution in [0, 0.1) is 11.3 Å². The normalized spacial score (nSPS) is 25.4. The van der Waals surface area contributed by atoms with E-state index in [4.69, 9.17) is 0 Å². The Hall–Kier alpha value is -0.0400. The number of hydrogen-bond donors (Lipinski definition) is 0. The van der Waals surface area contributed by atoms with E-state index in [1.807, 2.05) is 0 Å². The van der Waals surface area contributed by atoms with E-state index in [9.17, 15) is 0 Å². The van der Waals surface area contributed by atoms with Crippen LogP contribution in [0.5, 0.6) is 0 Å². The molecule has 78 valence electrons. The van der Waals surface area contributed by atoms with E-state index < -0.39 is 0 Å². The van der Waals surface area contributed by atoms with Gasteiger partial charge in [0.25, 0.3) is 0 Å². The van der Waals surface area contributed by atoms with Gasteiger partial charge >= 0.3 is 0 Å². The Labute approximate surface area is 83.5 Å². The molecule has 0 aromatic rings. The SMILES string of the molecule is CCN1CC[C@@H](CCC(C)(C)C)C1. The van der Waals surface area contributed by atoms with E-state index in [2.05, 4.69) is 32.6 Å². The summed E-state index contributed by atoms with van der Waals surface area (Å²) in [6.07, 6.45) is 4.25. The first-order valence-corrected chi connectivity index (χ1v) is 5.73. The second-order valence-electron chi connectivity index (χ2n) is 5.65. The second kappa shape index (κ2) is 4.45. The Morgan fingerprint density at radius 1 is 1.31 bits per heavy atom. The lowest BCUT2D eigenvalue weighted by atomic mass is 9.86. The van der Waals surface area contributed by atoms with E-state index in [-0.39, 0.29) is 0 Å². The van der Waals surface area contributed by atoms with Gasteiger partial charge in [0.2, 0.25) is 0 Å². The molecule has 1 aliphatic rings. The number of rotatable bonds is 3. The highest BCUT2D eigenvalue weighted by molar-refractivity contribution is 4.76. The minimum atomic E-state index is 0.527. The maximum absolute atomic E-state index is 2.58. The average Bonchev–Trinajstić information content (AvgIpc) is 2.47. The fourth-order valence-electron chi connectivity index (χ4n) is 2.07. The number of hydrogen-bond acceptors (Lipinski definition) is 1. The molecule has 0 amide bonds. The van der Waals surface area contributed by atoms with Crippen molar-refractivity contribution in [2.24, 2.45) is 11.3 Å². The molecule has 1 atom stereocenters. The van der Waals surface area contributed by atoms with Gasteiger partial charge in [0.05, 0.1) is 0 Å². The van der Waals surface area contributed by atoms with Crippen LogP contribution in [0.25, 0.3) is 0 Å². The van der Waals surface area contributed by atoms with Crippen molar-refractivity contribution in [3.63, 3.8) is 0 Å². The van der Waals surface area contributed by atoms with Gasteiger partial charge < -0.3 is 4.90 Å². The highest BCUT2D eigenvalue weighted by Gasteiger charge is 2.22. The van der Waals surface area contributed by atoms with Crippen LogP contribution in [0.1, 0.15) is 47.0 Å². The van der Waals surface area contributed by atoms with Gasteiger partial charge in [-0.1, -0.05) is 27.7 Å². The fraction of sp³-hybridized carbons (Fsp3) is 1.00. The van der Waals surface area contributed by atoms with Gasteiger partial charge in [-0.3, -0.25) is 0 Å². The summed E-state index contributed by atoms with van der Waals surface area (Å²) in [6, 6.07) is 0. The quantitative estimate of drug-likeness (QED) is 0.649. The first-order valence-electron chi connectivity index (χ1n) is 5.73. The summed E-state index contributed by atoms with van der Waals surface area (Å²) in [5.74, 6) is 0.985. The molecule has 0 radical (unpaired) electrons. The second-order valence-corrected chi connectivity index (χ2v) is 5.65. The van der Waals surface area contributed by atoms with Gasteiger partial charge in [0.1, 0.15) is 0 Å². The van der Waals surface area contributed by atoms with Crippen molar-refractivity contribution in [2.75, 3.05) is 19.6 Å². The topological polar surface area (TPSA) is 3.24 Å². The smallest absolute Gasteiger partial charge is 0.00100 e. The van der Waals surface area contributed by atoms with Gasteiger partial charge in [-0.25, -0.2) is 0 Å². The molecule has 1 aliphatic heterocycles.